The first-order valence-corrected chi connectivity index (χ1v) is 7.24. The van der Waals surface area contributed by atoms with Crippen LogP contribution in [0.15, 0.2) is 24.3 Å². The Hall–Kier alpha value is -1.55. The molecule has 0 spiro atoms. The quantitative estimate of drug-likeness (QED) is 0.717. The first kappa shape index (κ1) is 16.5. The highest BCUT2D eigenvalue weighted by molar-refractivity contribution is 5.74. The van der Waals surface area contributed by atoms with E-state index in [0.717, 1.165) is 24.0 Å². The molecular weight excluding hydrogens is 252 g/mol. The second-order valence-electron chi connectivity index (χ2n) is 5.66. The van der Waals surface area contributed by atoms with Crippen LogP contribution >= 0.6 is 0 Å². The third kappa shape index (κ3) is 6.57. The van der Waals surface area contributed by atoms with Gasteiger partial charge in [-0.25, -0.2) is 4.79 Å². The number of aliphatic hydroxyl groups is 1. The summed E-state index contributed by atoms with van der Waals surface area (Å²) < 4.78 is 0. The molecule has 0 aliphatic rings. The number of carbonyl (C=O) groups excluding carboxylic acids is 1. The number of hydrogen-bond donors (Lipinski definition) is 3. The van der Waals surface area contributed by atoms with Gasteiger partial charge in [0.25, 0.3) is 0 Å². The SMILES string of the molecule is CC(C)CC(C)NC(=O)NCCc1ccc(CO)cc1. The number of rotatable bonds is 7. The van der Waals surface area contributed by atoms with Crippen LogP contribution in [-0.2, 0) is 13.0 Å². The summed E-state index contributed by atoms with van der Waals surface area (Å²) in [6, 6.07) is 7.85. The molecule has 112 valence electrons. The van der Waals surface area contributed by atoms with Gasteiger partial charge in [-0.05, 0) is 36.8 Å². The Morgan fingerprint density at radius 3 is 2.30 bits per heavy atom. The van der Waals surface area contributed by atoms with E-state index in [1.165, 1.54) is 0 Å². The van der Waals surface area contributed by atoms with Crippen LogP contribution < -0.4 is 10.6 Å². The van der Waals surface area contributed by atoms with Crippen molar-refractivity contribution >= 4 is 6.03 Å². The van der Waals surface area contributed by atoms with Gasteiger partial charge in [0.1, 0.15) is 0 Å². The van der Waals surface area contributed by atoms with Crippen molar-refractivity contribution in [2.45, 2.75) is 46.3 Å². The molecule has 3 N–H and O–H groups in total. The van der Waals surface area contributed by atoms with Gasteiger partial charge >= 0.3 is 6.03 Å². The minimum Gasteiger partial charge on any atom is -0.392 e. The lowest BCUT2D eigenvalue weighted by molar-refractivity contribution is 0.236. The molecule has 4 heteroatoms. The van der Waals surface area contributed by atoms with Crippen LogP contribution in [0.2, 0.25) is 0 Å². The topological polar surface area (TPSA) is 61.4 Å². The third-order valence-electron chi connectivity index (χ3n) is 3.11. The van der Waals surface area contributed by atoms with Crippen molar-refractivity contribution in [3.8, 4) is 0 Å². The highest BCUT2D eigenvalue weighted by Gasteiger charge is 2.08. The lowest BCUT2D eigenvalue weighted by atomic mass is 10.1. The minimum absolute atomic E-state index is 0.0642. The van der Waals surface area contributed by atoms with Crippen molar-refractivity contribution in [1.82, 2.24) is 10.6 Å². The number of carbonyl (C=O) groups is 1. The summed E-state index contributed by atoms with van der Waals surface area (Å²) in [6.45, 7) is 6.98. The number of hydrogen-bond acceptors (Lipinski definition) is 2. The predicted octanol–water partition coefficient (Wildman–Crippen LogP) is 2.46. The maximum Gasteiger partial charge on any atom is 0.315 e. The van der Waals surface area contributed by atoms with Gasteiger partial charge in [-0.15, -0.1) is 0 Å². The predicted molar refractivity (Wildman–Crippen MR) is 81.5 cm³/mol. The Morgan fingerprint density at radius 2 is 1.75 bits per heavy atom. The summed E-state index contributed by atoms with van der Waals surface area (Å²) in [4.78, 5) is 11.7. The van der Waals surface area contributed by atoms with Crippen molar-refractivity contribution in [2.75, 3.05) is 6.54 Å². The van der Waals surface area contributed by atoms with E-state index in [2.05, 4.69) is 24.5 Å². The second-order valence-corrected chi connectivity index (χ2v) is 5.66. The number of nitrogens with one attached hydrogen (secondary N) is 2. The van der Waals surface area contributed by atoms with Gasteiger partial charge in [-0.2, -0.15) is 0 Å². The van der Waals surface area contributed by atoms with Gasteiger partial charge in [0.2, 0.25) is 0 Å². The minimum atomic E-state index is -0.106. The molecule has 0 saturated carbocycles. The van der Waals surface area contributed by atoms with Crippen molar-refractivity contribution in [1.29, 1.82) is 0 Å². The van der Waals surface area contributed by atoms with Gasteiger partial charge in [-0.1, -0.05) is 38.1 Å². The zero-order chi connectivity index (χ0) is 15.0. The summed E-state index contributed by atoms with van der Waals surface area (Å²) in [5.41, 5.74) is 2.06. The lowest BCUT2D eigenvalue weighted by Gasteiger charge is -2.16. The molecule has 0 aromatic heterocycles. The third-order valence-corrected chi connectivity index (χ3v) is 3.11. The highest BCUT2D eigenvalue weighted by atomic mass is 16.3. The normalized spacial score (nSPS) is 12.2. The van der Waals surface area contributed by atoms with Crippen LogP contribution in [0.1, 0.15) is 38.3 Å². The molecule has 2 amide bonds. The number of amides is 2. The molecule has 0 aliphatic heterocycles. The standard InChI is InChI=1S/C16H26N2O2/c1-12(2)10-13(3)18-16(20)17-9-8-14-4-6-15(11-19)7-5-14/h4-7,12-13,19H,8-11H2,1-3H3,(H2,17,18,20). The Balaban J connectivity index is 2.24. The molecule has 0 fully saturated rings. The van der Waals surface area contributed by atoms with Gasteiger partial charge < -0.3 is 15.7 Å². The molecule has 1 aromatic rings. The number of benzene rings is 1. The van der Waals surface area contributed by atoms with Crippen LogP contribution in [0.4, 0.5) is 4.79 Å². The van der Waals surface area contributed by atoms with Gasteiger partial charge in [0.15, 0.2) is 0 Å². The van der Waals surface area contributed by atoms with Crippen molar-refractivity contribution in [2.24, 2.45) is 5.92 Å². The average Bonchev–Trinajstić information content (AvgIpc) is 2.38. The summed E-state index contributed by atoms with van der Waals surface area (Å²) >= 11 is 0. The summed E-state index contributed by atoms with van der Waals surface area (Å²) in [5, 5.41) is 14.8. The molecule has 4 nitrogen and oxygen atoms in total. The van der Waals surface area contributed by atoms with E-state index < -0.39 is 0 Å². The Bertz CT molecular complexity index is 401. The molecule has 20 heavy (non-hydrogen) atoms. The summed E-state index contributed by atoms with van der Waals surface area (Å²) in [6.07, 6.45) is 1.77. The van der Waals surface area contributed by atoms with E-state index in [0.29, 0.717) is 12.5 Å². The van der Waals surface area contributed by atoms with E-state index in [-0.39, 0.29) is 18.7 Å². The highest BCUT2D eigenvalue weighted by Crippen LogP contribution is 2.05. The van der Waals surface area contributed by atoms with Gasteiger partial charge in [0, 0.05) is 12.6 Å². The maximum atomic E-state index is 11.7. The summed E-state index contributed by atoms with van der Waals surface area (Å²) in [7, 11) is 0. The van der Waals surface area contributed by atoms with Crippen LogP contribution in [0.3, 0.4) is 0 Å². The fourth-order valence-electron chi connectivity index (χ4n) is 2.17. The smallest absolute Gasteiger partial charge is 0.315 e. The molecule has 0 heterocycles. The molecule has 0 saturated heterocycles. The van der Waals surface area contributed by atoms with E-state index in [9.17, 15) is 4.79 Å². The molecule has 1 unspecified atom stereocenters. The van der Waals surface area contributed by atoms with Crippen molar-refractivity contribution in [3.63, 3.8) is 0 Å². The molecule has 0 aliphatic carbocycles. The van der Waals surface area contributed by atoms with Gasteiger partial charge in [0.05, 0.1) is 6.61 Å². The molecule has 1 rings (SSSR count). The Morgan fingerprint density at radius 1 is 1.15 bits per heavy atom. The zero-order valence-corrected chi connectivity index (χ0v) is 12.6. The van der Waals surface area contributed by atoms with Crippen LogP contribution in [0.5, 0.6) is 0 Å². The Kier molecular flexibility index (Phi) is 7.09. The lowest BCUT2D eigenvalue weighted by Crippen LogP contribution is -2.41. The Labute approximate surface area is 121 Å². The van der Waals surface area contributed by atoms with E-state index in [1.807, 2.05) is 31.2 Å². The van der Waals surface area contributed by atoms with Gasteiger partial charge in [-0.3, -0.25) is 0 Å². The van der Waals surface area contributed by atoms with E-state index in [1.54, 1.807) is 0 Å². The molecule has 0 radical (unpaired) electrons. The first-order chi connectivity index (χ1) is 9.51. The largest absolute Gasteiger partial charge is 0.392 e. The maximum absolute atomic E-state index is 11.7. The fourth-order valence-corrected chi connectivity index (χ4v) is 2.17. The van der Waals surface area contributed by atoms with E-state index >= 15 is 0 Å². The van der Waals surface area contributed by atoms with Crippen LogP contribution in [0, 0.1) is 5.92 Å². The number of urea groups is 1. The summed E-state index contributed by atoms with van der Waals surface area (Å²) in [5.74, 6) is 0.579. The van der Waals surface area contributed by atoms with Crippen LogP contribution in [-0.4, -0.2) is 23.7 Å². The second kappa shape index (κ2) is 8.59. The fraction of sp³-hybridized carbons (Fsp3) is 0.562. The van der Waals surface area contributed by atoms with Crippen molar-refractivity contribution < 1.29 is 9.90 Å². The average molecular weight is 278 g/mol. The molecule has 1 atom stereocenters. The zero-order valence-electron chi connectivity index (χ0n) is 12.6. The van der Waals surface area contributed by atoms with E-state index in [4.69, 9.17) is 5.11 Å². The molecule has 1 aromatic carbocycles. The van der Waals surface area contributed by atoms with Crippen LogP contribution in [0.25, 0.3) is 0 Å². The number of aliphatic hydroxyl groups excluding tert-OH is 1. The monoisotopic (exact) mass is 278 g/mol. The first-order valence-electron chi connectivity index (χ1n) is 7.24. The van der Waals surface area contributed by atoms with Crippen molar-refractivity contribution in [3.05, 3.63) is 35.4 Å². The molecule has 0 bridgehead atoms. The molecular formula is C16H26N2O2.